The Balaban J connectivity index is 0.000000948. The van der Waals surface area contributed by atoms with Crippen LogP contribution in [-0.4, -0.2) is 38.6 Å². The molecule has 132 valence electrons. The number of carbonyl (C=O) groups excluding carboxylic acids is 1. The first-order chi connectivity index (χ1) is 12.7. The number of carbonyl (C=O) groups is 1. The molecule has 4 rings (SSSR count). The monoisotopic (exact) mass is 349 g/mol. The fourth-order valence-electron chi connectivity index (χ4n) is 2.71. The summed E-state index contributed by atoms with van der Waals surface area (Å²) in [6.45, 7) is 1.98. The number of aromatic amines is 2. The van der Waals surface area contributed by atoms with E-state index in [1.54, 1.807) is 18.2 Å². The van der Waals surface area contributed by atoms with Crippen molar-refractivity contribution in [2.45, 2.75) is 6.92 Å². The highest BCUT2D eigenvalue weighted by atomic mass is 16.3. The molecular formula is C19H19N5O2. The van der Waals surface area contributed by atoms with Crippen LogP contribution in [0.4, 0.5) is 0 Å². The van der Waals surface area contributed by atoms with Gasteiger partial charge in [-0.15, -0.1) is 0 Å². The third-order valence-corrected chi connectivity index (χ3v) is 3.91. The molecule has 0 aliphatic rings. The van der Waals surface area contributed by atoms with Gasteiger partial charge in [0.1, 0.15) is 17.7 Å². The molecular weight excluding hydrogens is 330 g/mol. The van der Waals surface area contributed by atoms with Gasteiger partial charge in [0.2, 0.25) is 0 Å². The van der Waals surface area contributed by atoms with Gasteiger partial charge in [-0.05, 0) is 38.2 Å². The molecule has 0 saturated carbocycles. The number of rotatable bonds is 3. The van der Waals surface area contributed by atoms with Crippen LogP contribution >= 0.6 is 0 Å². The van der Waals surface area contributed by atoms with Crippen LogP contribution in [0.3, 0.4) is 0 Å². The standard InChI is InChI=1S/C18H14N4O2.CH5N/c1-10-3-2-4-12(7-10)15-17(24)16(22-21-15)18-19-13-6-5-11(9-23)8-14(13)20-18;1-2/h2-9,24H,1H3,(H,19,20)(H,21,22);2H2,1H3. The van der Waals surface area contributed by atoms with Crippen LogP contribution in [0.15, 0.2) is 42.5 Å². The van der Waals surface area contributed by atoms with Crippen LogP contribution in [-0.2, 0) is 0 Å². The SMILES string of the molecule is CN.Cc1cccc(-c2n[nH]c(-c3nc4ccc(C=O)cc4[nH]3)c2O)c1. The molecule has 0 bridgehead atoms. The molecule has 7 heteroatoms. The minimum absolute atomic E-state index is 0.0373. The van der Waals surface area contributed by atoms with Crippen LogP contribution in [0, 0.1) is 6.92 Å². The summed E-state index contributed by atoms with van der Waals surface area (Å²) in [4.78, 5) is 18.4. The summed E-state index contributed by atoms with van der Waals surface area (Å²) in [7, 11) is 1.50. The van der Waals surface area contributed by atoms with Crippen molar-refractivity contribution in [3.8, 4) is 28.5 Å². The number of fused-ring (bicyclic) bond motifs is 1. The summed E-state index contributed by atoms with van der Waals surface area (Å²) >= 11 is 0. The Labute approximate surface area is 149 Å². The fraction of sp³-hybridized carbons (Fsp3) is 0.105. The van der Waals surface area contributed by atoms with Gasteiger partial charge in [0.05, 0.1) is 11.0 Å². The Morgan fingerprint density at radius 2 is 1.96 bits per heavy atom. The molecule has 5 N–H and O–H groups in total. The van der Waals surface area contributed by atoms with E-state index >= 15 is 0 Å². The molecule has 2 heterocycles. The number of aromatic hydroxyl groups is 1. The van der Waals surface area contributed by atoms with Crippen LogP contribution in [0.2, 0.25) is 0 Å². The number of hydrogen-bond donors (Lipinski definition) is 4. The van der Waals surface area contributed by atoms with Gasteiger partial charge in [-0.1, -0.05) is 23.8 Å². The van der Waals surface area contributed by atoms with Crippen molar-refractivity contribution in [2.75, 3.05) is 7.05 Å². The van der Waals surface area contributed by atoms with E-state index in [1.807, 2.05) is 31.2 Å². The van der Waals surface area contributed by atoms with Gasteiger partial charge >= 0.3 is 0 Å². The van der Waals surface area contributed by atoms with Crippen molar-refractivity contribution in [3.63, 3.8) is 0 Å². The van der Waals surface area contributed by atoms with Crippen molar-refractivity contribution in [1.29, 1.82) is 0 Å². The van der Waals surface area contributed by atoms with E-state index in [1.165, 1.54) is 7.05 Å². The van der Waals surface area contributed by atoms with Crippen LogP contribution in [0.1, 0.15) is 15.9 Å². The van der Waals surface area contributed by atoms with Gasteiger partial charge < -0.3 is 15.8 Å². The quantitative estimate of drug-likeness (QED) is 0.424. The third kappa shape index (κ3) is 3.07. The number of imidazole rings is 1. The second kappa shape index (κ2) is 7.20. The van der Waals surface area contributed by atoms with E-state index in [2.05, 4.69) is 25.9 Å². The number of nitrogens with zero attached hydrogens (tertiary/aromatic N) is 2. The summed E-state index contributed by atoms with van der Waals surface area (Å²) in [5, 5.41) is 17.6. The Hall–Kier alpha value is -3.45. The van der Waals surface area contributed by atoms with Crippen LogP contribution in [0.5, 0.6) is 5.75 Å². The first-order valence-electron chi connectivity index (χ1n) is 8.03. The fourth-order valence-corrected chi connectivity index (χ4v) is 2.71. The molecule has 0 atom stereocenters. The Bertz CT molecular complexity index is 1060. The molecule has 4 aromatic rings. The van der Waals surface area contributed by atoms with E-state index < -0.39 is 0 Å². The molecule has 2 aromatic heterocycles. The molecule has 7 nitrogen and oxygen atoms in total. The average Bonchev–Trinajstić information content (AvgIpc) is 3.25. The summed E-state index contributed by atoms with van der Waals surface area (Å²) in [5.41, 5.74) is 9.29. The molecule has 26 heavy (non-hydrogen) atoms. The number of H-pyrrole nitrogens is 2. The summed E-state index contributed by atoms with van der Waals surface area (Å²) in [6.07, 6.45) is 0.781. The predicted molar refractivity (Wildman–Crippen MR) is 101 cm³/mol. The smallest absolute Gasteiger partial charge is 0.172 e. The van der Waals surface area contributed by atoms with Gasteiger partial charge in [-0.3, -0.25) is 9.89 Å². The zero-order valence-corrected chi connectivity index (χ0v) is 14.4. The molecule has 2 aromatic carbocycles. The maximum Gasteiger partial charge on any atom is 0.172 e. The van der Waals surface area contributed by atoms with E-state index in [0.717, 1.165) is 22.9 Å². The number of aromatic nitrogens is 4. The van der Waals surface area contributed by atoms with E-state index in [4.69, 9.17) is 0 Å². The van der Waals surface area contributed by atoms with Gasteiger partial charge in [-0.25, -0.2) is 4.98 Å². The summed E-state index contributed by atoms with van der Waals surface area (Å²) in [5.74, 6) is 0.507. The van der Waals surface area contributed by atoms with Gasteiger partial charge in [0.15, 0.2) is 11.6 Å². The molecule has 0 spiro atoms. The Kier molecular flexibility index (Phi) is 4.81. The normalized spacial score (nSPS) is 10.4. The van der Waals surface area contributed by atoms with Crippen molar-refractivity contribution in [2.24, 2.45) is 5.73 Å². The van der Waals surface area contributed by atoms with E-state index in [9.17, 15) is 9.90 Å². The van der Waals surface area contributed by atoms with Crippen molar-refractivity contribution >= 4 is 17.3 Å². The number of nitrogens with two attached hydrogens (primary N) is 1. The lowest BCUT2D eigenvalue weighted by atomic mass is 10.1. The number of aldehydes is 1. The third-order valence-electron chi connectivity index (χ3n) is 3.91. The first kappa shape index (κ1) is 17.4. The Morgan fingerprint density at radius 1 is 1.15 bits per heavy atom. The molecule has 0 amide bonds. The molecule has 0 radical (unpaired) electrons. The van der Waals surface area contributed by atoms with Crippen LogP contribution < -0.4 is 5.73 Å². The minimum Gasteiger partial charge on any atom is -0.504 e. The first-order valence-corrected chi connectivity index (χ1v) is 8.03. The molecule has 0 aliphatic heterocycles. The van der Waals surface area contributed by atoms with E-state index in [-0.39, 0.29) is 5.75 Å². The zero-order valence-electron chi connectivity index (χ0n) is 14.4. The van der Waals surface area contributed by atoms with Gasteiger partial charge in [0.25, 0.3) is 0 Å². The number of aryl methyl sites for hydroxylation is 1. The highest BCUT2D eigenvalue weighted by Crippen LogP contribution is 2.35. The molecule has 0 saturated heterocycles. The number of hydrogen-bond acceptors (Lipinski definition) is 5. The van der Waals surface area contributed by atoms with Crippen molar-refractivity contribution in [3.05, 3.63) is 53.6 Å². The Morgan fingerprint density at radius 3 is 2.69 bits per heavy atom. The van der Waals surface area contributed by atoms with Crippen LogP contribution in [0.25, 0.3) is 33.8 Å². The highest BCUT2D eigenvalue weighted by molar-refractivity contribution is 5.87. The lowest BCUT2D eigenvalue weighted by molar-refractivity contribution is 0.112. The second-order valence-corrected chi connectivity index (χ2v) is 5.65. The molecule has 0 aliphatic carbocycles. The maximum atomic E-state index is 10.9. The lowest BCUT2D eigenvalue weighted by Gasteiger charge is -1.99. The summed E-state index contributed by atoms with van der Waals surface area (Å²) in [6, 6.07) is 12.9. The predicted octanol–water partition coefficient (Wildman–Crippen LogP) is 3.02. The number of nitrogens with one attached hydrogen (secondary N) is 2. The molecule has 0 fully saturated rings. The van der Waals surface area contributed by atoms with Gasteiger partial charge in [0, 0.05) is 11.1 Å². The number of benzene rings is 2. The lowest BCUT2D eigenvalue weighted by Crippen LogP contribution is -1.81. The summed E-state index contributed by atoms with van der Waals surface area (Å²) < 4.78 is 0. The molecule has 0 unspecified atom stereocenters. The van der Waals surface area contributed by atoms with Crippen molar-refractivity contribution < 1.29 is 9.90 Å². The zero-order chi connectivity index (χ0) is 18.7. The van der Waals surface area contributed by atoms with E-state index in [0.29, 0.717) is 28.3 Å². The minimum atomic E-state index is 0.0373. The van der Waals surface area contributed by atoms with Crippen molar-refractivity contribution in [1.82, 2.24) is 20.2 Å². The topological polar surface area (TPSA) is 121 Å². The maximum absolute atomic E-state index is 10.9. The average molecular weight is 349 g/mol. The van der Waals surface area contributed by atoms with Gasteiger partial charge in [-0.2, -0.15) is 5.10 Å². The second-order valence-electron chi connectivity index (χ2n) is 5.65. The highest BCUT2D eigenvalue weighted by Gasteiger charge is 2.18. The largest absolute Gasteiger partial charge is 0.504 e.